The largest absolute Gasteiger partial charge is 0.361 e. The second-order valence-corrected chi connectivity index (χ2v) is 5.67. The van der Waals surface area contributed by atoms with Gasteiger partial charge in [-0.2, -0.15) is 0 Å². The zero-order valence-corrected chi connectivity index (χ0v) is 12.9. The summed E-state index contributed by atoms with van der Waals surface area (Å²) in [6, 6.07) is 15.2. The number of hydrogen-bond donors (Lipinski definition) is 2. The summed E-state index contributed by atoms with van der Waals surface area (Å²) in [6.45, 7) is 0.644. The molecule has 0 fully saturated rings. The maximum Gasteiger partial charge on any atom is 0.251 e. The van der Waals surface area contributed by atoms with Crippen molar-refractivity contribution < 1.29 is 4.79 Å². The molecule has 0 aliphatic carbocycles. The van der Waals surface area contributed by atoms with Gasteiger partial charge >= 0.3 is 0 Å². The predicted octanol–water partition coefficient (Wildman–Crippen LogP) is 4.18. The third-order valence-corrected chi connectivity index (χ3v) is 3.91. The first-order chi connectivity index (χ1) is 10.7. The first-order valence-electron chi connectivity index (χ1n) is 7.33. The van der Waals surface area contributed by atoms with Crippen LogP contribution >= 0.6 is 11.6 Å². The van der Waals surface area contributed by atoms with Gasteiger partial charge < -0.3 is 10.3 Å². The first kappa shape index (κ1) is 14.7. The molecule has 112 valence electrons. The smallest absolute Gasteiger partial charge is 0.251 e. The number of nitrogens with one attached hydrogen (secondary N) is 2. The molecule has 0 atom stereocenters. The van der Waals surface area contributed by atoms with E-state index in [4.69, 9.17) is 11.6 Å². The van der Waals surface area contributed by atoms with Crippen molar-refractivity contribution in [3.05, 3.63) is 70.9 Å². The number of H-pyrrole nitrogens is 1. The Labute approximate surface area is 134 Å². The van der Waals surface area contributed by atoms with Gasteiger partial charge in [0.25, 0.3) is 5.91 Å². The SMILES string of the molecule is O=C(NCCCc1c[nH]c2ccccc12)c1cccc(Cl)c1. The third-order valence-electron chi connectivity index (χ3n) is 3.67. The van der Waals surface area contributed by atoms with Gasteiger partial charge in [0.15, 0.2) is 0 Å². The molecular weight excluding hydrogens is 296 g/mol. The van der Waals surface area contributed by atoms with Crippen LogP contribution in [0.15, 0.2) is 54.7 Å². The normalized spacial score (nSPS) is 10.8. The highest BCUT2D eigenvalue weighted by Crippen LogP contribution is 2.18. The van der Waals surface area contributed by atoms with Crippen molar-refractivity contribution in [1.29, 1.82) is 0 Å². The lowest BCUT2D eigenvalue weighted by Gasteiger charge is -2.05. The number of amides is 1. The summed E-state index contributed by atoms with van der Waals surface area (Å²) >= 11 is 5.89. The van der Waals surface area contributed by atoms with Crippen molar-refractivity contribution in [3.8, 4) is 0 Å². The predicted molar refractivity (Wildman–Crippen MR) is 90.4 cm³/mol. The van der Waals surface area contributed by atoms with E-state index in [1.165, 1.54) is 10.9 Å². The summed E-state index contributed by atoms with van der Waals surface area (Å²) < 4.78 is 0. The van der Waals surface area contributed by atoms with Crippen LogP contribution in [-0.2, 0) is 6.42 Å². The summed E-state index contributed by atoms with van der Waals surface area (Å²) in [5.74, 6) is -0.0820. The van der Waals surface area contributed by atoms with Crippen LogP contribution in [0.3, 0.4) is 0 Å². The van der Waals surface area contributed by atoms with Crippen LogP contribution in [0.4, 0.5) is 0 Å². The summed E-state index contributed by atoms with van der Waals surface area (Å²) in [4.78, 5) is 15.3. The number of aromatic nitrogens is 1. The third kappa shape index (κ3) is 3.31. The first-order valence-corrected chi connectivity index (χ1v) is 7.70. The van der Waals surface area contributed by atoms with Crippen LogP contribution in [0.2, 0.25) is 5.02 Å². The fourth-order valence-corrected chi connectivity index (χ4v) is 2.74. The van der Waals surface area contributed by atoms with Gasteiger partial charge in [-0.15, -0.1) is 0 Å². The average molecular weight is 313 g/mol. The molecule has 2 aromatic carbocycles. The van der Waals surface area contributed by atoms with Crippen LogP contribution < -0.4 is 5.32 Å². The Bertz CT molecular complexity index is 794. The molecule has 0 aliphatic rings. The highest BCUT2D eigenvalue weighted by Gasteiger charge is 2.06. The second-order valence-electron chi connectivity index (χ2n) is 5.23. The van der Waals surface area contributed by atoms with E-state index in [1.807, 2.05) is 18.3 Å². The summed E-state index contributed by atoms with van der Waals surface area (Å²) in [7, 11) is 0. The Balaban J connectivity index is 1.52. The molecule has 22 heavy (non-hydrogen) atoms. The molecule has 1 aromatic heterocycles. The zero-order valence-electron chi connectivity index (χ0n) is 12.1. The van der Waals surface area contributed by atoms with E-state index < -0.39 is 0 Å². The number of benzene rings is 2. The van der Waals surface area contributed by atoms with Crippen LogP contribution in [0.25, 0.3) is 10.9 Å². The standard InChI is InChI=1S/C18H17ClN2O/c19-15-7-3-5-13(11-15)18(22)20-10-4-6-14-12-21-17-9-2-1-8-16(14)17/h1-3,5,7-9,11-12,21H,4,6,10H2,(H,20,22). The maximum absolute atomic E-state index is 12.0. The van der Waals surface area contributed by atoms with Crippen LogP contribution in [0.1, 0.15) is 22.3 Å². The van der Waals surface area contributed by atoms with Crippen molar-refractivity contribution in [2.75, 3.05) is 6.54 Å². The molecule has 0 aliphatic heterocycles. The zero-order chi connectivity index (χ0) is 15.4. The van der Waals surface area contributed by atoms with E-state index in [0.717, 1.165) is 18.4 Å². The van der Waals surface area contributed by atoms with Crippen LogP contribution in [-0.4, -0.2) is 17.4 Å². The van der Waals surface area contributed by atoms with E-state index in [2.05, 4.69) is 22.4 Å². The summed E-state index contributed by atoms with van der Waals surface area (Å²) in [5, 5.41) is 4.76. The van der Waals surface area contributed by atoms with E-state index in [0.29, 0.717) is 17.1 Å². The molecule has 0 radical (unpaired) electrons. The van der Waals surface area contributed by atoms with Gasteiger partial charge in [0, 0.05) is 34.2 Å². The molecule has 0 spiro atoms. The number of rotatable bonds is 5. The van der Waals surface area contributed by atoms with Crippen LogP contribution in [0.5, 0.6) is 0 Å². The lowest BCUT2D eigenvalue weighted by molar-refractivity contribution is 0.0953. The van der Waals surface area contributed by atoms with Crippen molar-refractivity contribution in [3.63, 3.8) is 0 Å². The number of hydrogen-bond acceptors (Lipinski definition) is 1. The van der Waals surface area contributed by atoms with Gasteiger partial charge in [0.2, 0.25) is 0 Å². The topological polar surface area (TPSA) is 44.9 Å². The lowest BCUT2D eigenvalue weighted by Crippen LogP contribution is -2.24. The summed E-state index contributed by atoms with van der Waals surface area (Å²) in [5.41, 5.74) is 3.03. The molecule has 3 aromatic rings. The van der Waals surface area contributed by atoms with Gasteiger partial charge in [-0.05, 0) is 42.7 Å². The molecule has 0 unspecified atom stereocenters. The van der Waals surface area contributed by atoms with Crippen LogP contribution in [0, 0.1) is 0 Å². The number of halogens is 1. The van der Waals surface area contributed by atoms with Crippen molar-refractivity contribution in [2.45, 2.75) is 12.8 Å². The van der Waals surface area contributed by atoms with E-state index in [1.54, 1.807) is 24.3 Å². The molecule has 0 saturated carbocycles. The number of carbonyl (C=O) groups excluding carboxylic acids is 1. The Morgan fingerprint density at radius 2 is 2.00 bits per heavy atom. The molecule has 0 bridgehead atoms. The molecule has 0 saturated heterocycles. The Morgan fingerprint density at radius 3 is 2.86 bits per heavy atom. The Morgan fingerprint density at radius 1 is 1.14 bits per heavy atom. The fraction of sp³-hybridized carbons (Fsp3) is 0.167. The fourth-order valence-electron chi connectivity index (χ4n) is 2.55. The molecule has 3 nitrogen and oxygen atoms in total. The number of aryl methyl sites for hydroxylation is 1. The number of para-hydroxylation sites is 1. The van der Waals surface area contributed by atoms with Crippen molar-refractivity contribution in [1.82, 2.24) is 10.3 Å². The highest BCUT2D eigenvalue weighted by atomic mass is 35.5. The molecule has 1 amide bonds. The lowest BCUT2D eigenvalue weighted by atomic mass is 10.1. The monoisotopic (exact) mass is 312 g/mol. The van der Waals surface area contributed by atoms with Crippen molar-refractivity contribution in [2.24, 2.45) is 0 Å². The molecular formula is C18H17ClN2O. The maximum atomic E-state index is 12.0. The average Bonchev–Trinajstić information content (AvgIpc) is 2.95. The number of carbonyl (C=O) groups is 1. The number of aromatic amines is 1. The highest BCUT2D eigenvalue weighted by molar-refractivity contribution is 6.30. The molecule has 1 heterocycles. The minimum absolute atomic E-state index is 0.0820. The number of fused-ring (bicyclic) bond motifs is 1. The molecule has 3 rings (SSSR count). The Kier molecular flexibility index (Phi) is 4.45. The minimum atomic E-state index is -0.0820. The minimum Gasteiger partial charge on any atom is -0.361 e. The second kappa shape index (κ2) is 6.67. The van der Waals surface area contributed by atoms with Gasteiger partial charge in [0.1, 0.15) is 0 Å². The van der Waals surface area contributed by atoms with Gasteiger partial charge in [-0.25, -0.2) is 0 Å². The molecule has 2 N–H and O–H groups in total. The van der Waals surface area contributed by atoms with Gasteiger partial charge in [0.05, 0.1) is 0 Å². The van der Waals surface area contributed by atoms with E-state index >= 15 is 0 Å². The molecule has 4 heteroatoms. The Hall–Kier alpha value is -2.26. The quantitative estimate of drug-likeness (QED) is 0.682. The van der Waals surface area contributed by atoms with Gasteiger partial charge in [-0.1, -0.05) is 35.9 Å². The van der Waals surface area contributed by atoms with Crippen molar-refractivity contribution >= 4 is 28.4 Å². The van der Waals surface area contributed by atoms with Gasteiger partial charge in [-0.3, -0.25) is 4.79 Å². The van der Waals surface area contributed by atoms with E-state index in [9.17, 15) is 4.79 Å². The van der Waals surface area contributed by atoms with E-state index in [-0.39, 0.29) is 5.91 Å². The summed E-state index contributed by atoms with van der Waals surface area (Å²) in [6.07, 6.45) is 3.87.